The number of ether oxygens (including phenoxy) is 1. The second-order valence-electron chi connectivity index (χ2n) is 8.53. The van der Waals surface area contributed by atoms with Crippen LogP contribution in [-0.2, 0) is 9.53 Å². The van der Waals surface area contributed by atoms with E-state index in [2.05, 4.69) is 17.4 Å². The van der Waals surface area contributed by atoms with E-state index in [1.807, 2.05) is 43.3 Å². The molecular weight excluding hydrogens is 444 g/mol. The largest absolute Gasteiger partial charge is 0.478 e. The molecule has 180 valence electrons. The van der Waals surface area contributed by atoms with E-state index in [4.69, 9.17) is 4.74 Å². The fourth-order valence-corrected chi connectivity index (χ4v) is 4.63. The minimum atomic E-state index is -1.13. The van der Waals surface area contributed by atoms with Gasteiger partial charge in [-0.1, -0.05) is 74.0 Å². The zero-order valence-electron chi connectivity index (χ0n) is 19.7. The molecule has 0 saturated carbocycles. The van der Waals surface area contributed by atoms with Gasteiger partial charge in [-0.25, -0.2) is 9.59 Å². The number of nitrogens with zero attached hydrogens (tertiary/aromatic N) is 1. The van der Waals surface area contributed by atoms with Crippen molar-refractivity contribution in [1.82, 2.24) is 5.32 Å². The number of carboxylic acid groups (broad SMARTS) is 1. The van der Waals surface area contributed by atoms with E-state index < -0.39 is 24.0 Å². The lowest BCUT2D eigenvalue weighted by atomic mass is 9.98. The van der Waals surface area contributed by atoms with Crippen LogP contribution >= 0.6 is 0 Å². The predicted molar refractivity (Wildman–Crippen MR) is 134 cm³/mol. The average Bonchev–Trinajstić information content (AvgIpc) is 3.20. The topological polar surface area (TPSA) is 95.9 Å². The van der Waals surface area contributed by atoms with Crippen LogP contribution in [0.25, 0.3) is 11.1 Å². The van der Waals surface area contributed by atoms with Crippen LogP contribution in [0.1, 0.15) is 47.2 Å². The average molecular weight is 473 g/mol. The van der Waals surface area contributed by atoms with Crippen LogP contribution in [0, 0.1) is 0 Å². The van der Waals surface area contributed by atoms with Crippen LogP contribution in [0.5, 0.6) is 0 Å². The summed E-state index contributed by atoms with van der Waals surface area (Å²) in [6.07, 6.45) is 0.357. The Balaban J connectivity index is 1.46. The molecule has 0 saturated heterocycles. The number of aromatic carboxylic acids is 1. The van der Waals surface area contributed by atoms with Crippen molar-refractivity contribution in [3.05, 3.63) is 89.5 Å². The summed E-state index contributed by atoms with van der Waals surface area (Å²) in [7, 11) is 1.51. The van der Waals surface area contributed by atoms with E-state index in [1.165, 1.54) is 18.0 Å². The molecule has 2 N–H and O–H groups in total. The van der Waals surface area contributed by atoms with Crippen LogP contribution in [0.4, 0.5) is 10.5 Å². The smallest absolute Gasteiger partial charge is 0.407 e. The Hall–Kier alpha value is -4.13. The molecule has 0 spiro atoms. The first-order valence-electron chi connectivity index (χ1n) is 11.6. The summed E-state index contributed by atoms with van der Waals surface area (Å²) in [4.78, 5) is 38.8. The zero-order valence-corrected chi connectivity index (χ0v) is 19.7. The van der Waals surface area contributed by atoms with Crippen LogP contribution < -0.4 is 10.2 Å². The quantitative estimate of drug-likeness (QED) is 0.478. The highest BCUT2D eigenvalue weighted by molar-refractivity contribution is 6.04. The monoisotopic (exact) mass is 472 g/mol. The molecule has 0 aromatic heterocycles. The fraction of sp³-hybridized carbons (Fsp3) is 0.250. The van der Waals surface area contributed by atoms with E-state index in [0.29, 0.717) is 12.8 Å². The third kappa shape index (κ3) is 4.89. The summed E-state index contributed by atoms with van der Waals surface area (Å²) in [6.45, 7) is 2.05. The van der Waals surface area contributed by atoms with E-state index in [0.717, 1.165) is 22.3 Å². The SMILES string of the molecule is CCCC(NC(=O)OCC1c2ccccc2-c2ccccc21)C(=O)N(C)c1ccccc1C(=O)O. The van der Waals surface area contributed by atoms with Gasteiger partial charge < -0.3 is 20.1 Å². The lowest BCUT2D eigenvalue weighted by molar-refractivity contribution is -0.120. The fourth-order valence-electron chi connectivity index (χ4n) is 4.63. The maximum atomic E-state index is 13.2. The summed E-state index contributed by atoms with van der Waals surface area (Å²) in [5, 5.41) is 12.2. The van der Waals surface area contributed by atoms with Gasteiger partial charge in [-0.2, -0.15) is 0 Å². The second-order valence-corrected chi connectivity index (χ2v) is 8.53. The highest BCUT2D eigenvalue weighted by Crippen LogP contribution is 2.44. The van der Waals surface area contributed by atoms with Crippen molar-refractivity contribution in [3.63, 3.8) is 0 Å². The van der Waals surface area contributed by atoms with Crippen molar-refractivity contribution < 1.29 is 24.2 Å². The van der Waals surface area contributed by atoms with Gasteiger partial charge in [0.05, 0.1) is 11.3 Å². The molecule has 0 fully saturated rings. The summed E-state index contributed by atoms with van der Waals surface area (Å²) in [5.74, 6) is -1.62. The van der Waals surface area contributed by atoms with Gasteiger partial charge in [0.25, 0.3) is 0 Å². The molecule has 3 aromatic rings. The molecule has 0 aliphatic heterocycles. The highest BCUT2D eigenvalue weighted by atomic mass is 16.5. The molecular formula is C28H28N2O5. The molecule has 7 nitrogen and oxygen atoms in total. The van der Waals surface area contributed by atoms with Crippen LogP contribution in [-0.4, -0.2) is 42.8 Å². The number of para-hydroxylation sites is 1. The minimum Gasteiger partial charge on any atom is -0.478 e. The Morgan fingerprint density at radius 2 is 1.51 bits per heavy atom. The van der Waals surface area contributed by atoms with Crippen LogP contribution in [0.3, 0.4) is 0 Å². The van der Waals surface area contributed by atoms with Crippen LogP contribution in [0.2, 0.25) is 0 Å². The number of likely N-dealkylation sites (N-methyl/N-ethyl adjacent to an activating group) is 1. The molecule has 1 atom stereocenters. The number of amides is 2. The first-order chi connectivity index (χ1) is 16.9. The second kappa shape index (κ2) is 10.4. The third-order valence-electron chi connectivity index (χ3n) is 6.34. The number of anilines is 1. The lowest BCUT2D eigenvalue weighted by Gasteiger charge is -2.25. The van der Waals surface area contributed by atoms with Crippen molar-refractivity contribution in [1.29, 1.82) is 0 Å². The van der Waals surface area contributed by atoms with Gasteiger partial charge in [0.2, 0.25) is 5.91 Å². The first-order valence-corrected chi connectivity index (χ1v) is 11.6. The van der Waals surface area contributed by atoms with Gasteiger partial charge in [-0.05, 0) is 40.8 Å². The number of carbonyl (C=O) groups excluding carboxylic acids is 2. The summed E-state index contributed by atoms with van der Waals surface area (Å²) >= 11 is 0. The molecule has 2 amide bonds. The molecule has 7 heteroatoms. The lowest BCUT2D eigenvalue weighted by Crippen LogP contribution is -2.48. The molecule has 0 radical (unpaired) electrons. The standard InChI is InChI=1S/C28H28N2O5/c1-3-10-24(26(31)30(2)25-16-9-8-15-22(25)27(32)33)29-28(34)35-17-23-20-13-6-4-11-18(20)19-12-5-7-14-21(19)23/h4-9,11-16,23-24H,3,10,17H2,1-2H3,(H,29,34)(H,32,33). The van der Waals surface area contributed by atoms with Gasteiger partial charge in [0, 0.05) is 13.0 Å². The Kier molecular flexibility index (Phi) is 7.15. The summed E-state index contributed by atoms with van der Waals surface area (Å²) in [6, 6.07) is 21.6. The van der Waals surface area contributed by atoms with Crippen LogP contribution in [0.15, 0.2) is 72.8 Å². The Morgan fingerprint density at radius 1 is 0.943 bits per heavy atom. The maximum Gasteiger partial charge on any atom is 0.407 e. The molecule has 1 unspecified atom stereocenters. The number of fused-ring (bicyclic) bond motifs is 3. The number of nitrogens with one attached hydrogen (secondary N) is 1. The number of rotatable bonds is 8. The molecule has 4 rings (SSSR count). The van der Waals surface area contributed by atoms with Gasteiger partial charge in [-0.15, -0.1) is 0 Å². The molecule has 0 bridgehead atoms. The molecule has 3 aromatic carbocycles. The number of benzene rings is 3. The van der Waals surface area contributed by atoms with Gasteiger partial charge in [-0.3, -0.25) is 4.79 Å². The van der Waals surface area contributed by atoms with E-state index >= 15 is 0 Å². The number of alkyl carbamates (subject to hydrolysis) is 1. The van der Waals surface area contributed by atoms with Crippen molar-refractivity contribution in [2.45, 2.75) is 31.7 Å². The van der Waals surface area contributed by atoms with Gasteiger partial charge in [0.15, 0.2) is 0 Å². The number of hydrogen-bond acceptors (Lipinski definition) is 4. The van der Waals surface area contributed by atoms with E-state index in [9.17, 15) is 19.5 Å². The van der Waals surface area contributed by atoms with Crippen molar-refractivity contribution in [2.75, 3.05) is 18.6 Å². The normalized spacial score (nSPS) is 12.9. The third-order valence-corrected chi connectivity index (χ3v) is 6.34. The Morgan fingerprint density at radius 3 is 2.11 bits per heavy atom. The highest BCUT2D eigenvalue weighted by Gasteiger charge is 2.30. The van der Waals surface area contributed by atoms with E-state index in [1.54, 1.807) is 18.2 Å². The number of carbonyl (C=O) groups is 3. The van der Waals surface area contributed by atoms with Gasteiger partial charge in [0.1, 0.15) is 12.6 Å². The number of hydrogen-bond donors (Lipinski definition) is 2. The Labute approximate surface area is 204 Å². The summed E-state index contributed by atoms with van der Waals surface area (Å²) in [5.41, 5.74) is 4.75. The van der Waals surface area contributed by atoms with Gasteiger partial charge >= 0.3 is 12.1 Å². The molecule has 0 heterocycles. The van der Waals surface area contributed by atoms with Crippen molar-refractivity contribution in [3.8, 4) is 11.1 Å². The molecule has 1 aliphatic carbocycles. The minimum absolute atomic E-state index is 0.0136. The molecule has 1 aliphatic rings. The first kappa shape index (κ1) is 24.0. The number of carboxylic acids is 1. The predicted octanol–water partition coefficient (Wildman–Crippen LogP) is 5.06. The molecule has 35 heavy (non-hydrogen) atoms. The summed E-state index contributed by atoms with van der Waals surface area (Å²) < 4.78 is 5.60. The van der Waals surface area contributed by atoms with E-state index in [-0.39, 0.29) is 23.8 Å². The maximum absolute atomic E-state index is 13.2. The Bertz CT molecular complexity index is 1210. The van der Waals surface area contributed by atoms with Crippen molar-refractivity contribution >= 4 is 23.7 Å². The van der Waals surface area contributed by atoms with Crippen molar-refractivity contribution in [2.24, 2.45) is 0 Å². The zero-order chi connectivity index (χ0) is 24.9.